The van der Waals surface area contributed by atoms with Gasteiger partial charge in [0.1, 0.15) is 0 Å². The molecule has 20 heavy (non-hydrogen) atoms. The lowest BCUT2D eigenvalue weighted by Gasteiger charge is -2.36. The van der Waals surface area contributed by atoms with Crippen LogP contribution < -0.4 is 0 Å². The maximum atomic E-state index is 10.2. The number of piperidine rings is 1. The number of rotatable bonds is 5. The summed E-state index contributed by atoms with van der Waals surface area (Å²) in [5, 5.41) is 10.2. The maximum Gasteiger partial charge on any atom is 0.0596 e. The van der Waals surface area contributed by atoms with Crippen LogP contribution in [0.2, 0.25) is 0 Å². The Morgan fingerprint density at radius 2 is 1.95 bits per heavy atom. The molecule has 0 bridgehead atoms. The highest BCUT2D eigenvalue weighted by atomic mass is 16.3. The number of likely N-dealkylation sites (tertiary alicyclic amines) is 1. The van der Waals surface area contributed by atoms with Crippen molar-refractivity contribution in [2.24, 2.45) is 5.92 Å². The standard InChI is InChI=1S/C18H29NO/c1-4-10-19-11-9-18(20)17(13-19)12-15-5-7-16(8-6-15)14(2)3/h5-8,14,17-18,20H,4,9-13H2,1-3H3. The van der Waals surface area contributed by atoms with Gasteiger partial charge in [-0.3, -0.25) is 0 Å². The molecule has 2 unspecified atom stereocenters. The monoisotopic (exact) mass is 275 g/mol. The van der Waals surface area contributed by atoms with E-state index >= 15 is 0 Å². The Labute approximate surface area is 123 Å². The average Bonchev–Trinajstić information content (AvgIpc) is 2.43. The Bertz CT molecular complexity index is 398. The first-order chi connectivity index (χ1) is 9.60. The lowest BCUT2D eigenvalue weighted by Crippen LogP contribution is -2.44. The fourth-order valence-corrected chi connectivity index (χ4v) is 3.16. The van der Waals surface area contributed by atoms with E-state index in [1.165, 1.54) is 17.5 Å². The SMILES string of the molecule is CCCN1CCC(O)C(Cc2ccc(C(C)C)cc2)C1. The molecule has 0 spiro atoms. The highest BCUT2D eigenvalue weighted by Crippen LogP contribution is 2.23. The zero-order valence-electron chi connectivity index (χ0n) is 13.2. The van der Waals surface area contributed by atoms with Crippen LogP contribution in [0.4, 0.5) is 0 Å². The summed E-state index contributed by atoms with van der Waals surface area (Å²) in [5.41, 5.74) is 2.75. The van der Waals surface area contributed by atoms with Crippen molar-refractivity contribution in [2.45, 2.75) is 52.1 Å². The third-order valence-electron chi connectivity index (χ3n) is 4.46. The largest absolute Gasteiger partial charge is 0.393 e. The van der Waals surface area contributed by atoms with Gasteiger partial charge in [0.2, 0.25) is 0 Å². The number of aliphatic hydroxyl groups excluding tert-OH is 1. The molecule has 2 nitrogen and oxygen atoms in total. The van der Waals surface area contributed by atoms with Gasteiger partial charge in [0.05, 0.1) is 6.10 Å². The third-order valence-corrected chi connectivity index (χ3v) is 4.46. The minimum Gasteiger partial charge on any atom is -0.393 e. The summed E-state index contributed by atoms with van der Waals surface area (Å²) >= 11 is 0. The van der Waals surface area contributed by atoms with E-state index in [9.17, 15) is 5.11 Å². The predicted octanol–water partition coefficient (Wildman–Crippen LogP) is 3.45. The van der Waals surface area contributed by atoms with E-state index in [1.807, 2.05) is 0 Å². The van der Waals surface area contributed by atoms with Gasteiger partial charge >= 0.3 is 0 Å². The van der Waals surface area contributed by atoms with Gasteiger partial charge in [-0.2, -0.15) is 0 Å². The summed E-state index contributed by atoms with van der Waals surface area (Å²) in [6.45, 7) is 9.93. The molecule has 0 radical (unpaired) electrons. The number of hydrogen-bond donors (Lipinski definition) is 1. The first-order valence-corrected chi connectivity index (χ1v) is 8.09. The zero-order valence-corrected chi connectivity index (χ0v) is 13.2. The molecule has 2 rings (SSSR count). The average molecular weight is 275 g/mol. The number of benzene rings is 1. The minimum atomic E-state index is -0.132. The van der Waals surface area contributed by atoms with Crippen LogP contribution in [-0.2, 0) is 6.42 Å². The Kier molecular flexibility index (Phi) is 5.62. The quantitative estimate of drug-likeness (QED) is 0.889. The Hall–Kier alpha value is -0.860. The summed E-state index contributed by atoms with van der Waals surface area (Å²) in [4.78, 5) is 2.50. The molecule has 1 saturated heterocycles. The van der Waals surface area contributed by atoms with Gasteiger partial charge in [-0.15, -0.1) is 0 Å². The van der Waals surface area contributed by atoms with E-state index < -0.39 is 0 Å². The van der Waals surface area contributed by atoms with Gasteiger partial charge in [0.25, 0.3) is 0 Å². The maximum absolute atomic E-state index is 10.2. The smallest absolute Gasteiger partial charge is 0.0596 e. The van der Waals surface area contributed by atoms with Crippen molar-refractivity contribution in [1.82, 2.24) is 4.90 Å². The van der Waals surface area contributed by atoms with Crippen molar-refractivity contribution in [3.8, 4) is 0 Å². The van der Waals surface area contributed by atoms with Crippen molar-refractivity contribution >= 4 is 0 Å². The van der Waals surface area contributed by atoms with Gasteiger partial charge < -0.3 is 10.0 Å². The van der Waals surface area contributed by atoms with Crippen molar-refractivity contribution in [2.75, 3.05) is 19.6 Å². The van der Waals surface area contributed by atoms with Gasteiger partial charge in [0, 0.05) is 19.0 Å². The molecule has 1 aromatic rings. The highest BCUT2D eigenvalue weighted by Gasteiger charge is 2.27. The molecule has 1 N–H and O–H groups in total. The van der Waals surface area contributed by atoms with E-state index in [0.717, 1.165) is 32.5 Å². The molecular weight excluding hydrogens is 246 g/mol. The fourth-order valence-electron chi connectivity index (χ4n) is 3.16. The lowest BCUT2D eigenvalue weighted by atomic mass is 9.88. The van der Waals surface area contributed by atoms with Crippen LogP contribution in [0.15, 0.2) is 24.3 Å². The van der Waals surface area contributed by atoms with Crippen molar-refractivity contribution in [1.29, 1.82) is 0 Å². The number of hydrogen-bond acceptors (Lipinski definition) is 2. The van der Waals surface area contributed by atoms with Gasteiger partial charge in [-0.05, 0) is 42.9 Å². The van der Waals surface area contributed by atoms with E-state index in [0.29, 0.717) is 11.8 Å². The van der Waals surface area contributed by atoms with E-state index in [2.05, 4.69) is 49.9 Å². The predicted molar refractivity (Wildman–Crippen MR) is 85.1 cm³/mol. The van der Waals surface area contributed by atoms with Crippen LogP contribution >= 0.6 is 0 Å². The minimum absolute atomic E-state index is 0.132. The zero-order chi connectivity index (χ0) is 14.5. The summed E-state index contributed by atoms with van der Waals surface area (Å²) in [6.07, 6.45) is 2.99. The van der Waals surface area contributed by atoms with Crippen molar-refractivity contribution in [3.63, 3.8) is 0 Å². The first-order valence-electron chi connectivity index (χ1n) is 8.09. The summed E-state index contributed by atoms with van der Waals surface area (Å²) in [7, 11) is 0. The first kappa shape index (κ1) is 15.5. The second kappa shape index (κ2) is 7.24. The Morgan fingerprint density at radius 1 is 1.25 bits per heavy atom. The van der Waals surface area contributed by atoms with Crippen molar-refractivity contribution < 1.29 is 5.11 Å². The molecule has 1 aliphatic rings. The van der Waals surface area contributed by atoms with Gasteiger partial charge in [-0.25, -0.2) is 0 Å². The van der Waals surface area contributed by atoms with E-state index in [4.69, 9.17) is 0 Å². The molecule has 0 amide bonds. The molecule has 1 heterocycles. The highest BCUT2D eigenvalue weighted by molar-refractivity contribution is 5.25. The Balaban J connectivity index is 1.96. The molecule has 0 saturated carbocycles. The topological polar surface area (TPSA) is 23.5 Å². The van der Waals surface area contributed by atoms with Crippen LogP contribution in [-0.4, -0.2) is 35.7 Å². The molecule has 2 heteroatoms. The third kappa shape index (κ3) is 4.07. The molecule has 1 aliphatic heterocycles. The van der Waals surface area contributed by atoms with Gasteiger partial charge in [0.15, 0.2) is 0 Å². The van der Waals surface area contributed by atoms with Crippen LogP contribution in [0.25, 0.3) is 0 Å². The van der Waals surface area contributed by atoms with Crippen molar-refractivity contribution in [3.05, 3.63) is 35.4 Å². The van der Waals surface area contributed by atoms with Crippen LogP contribution in [0.1, 0.15) is 50.7 Å². The molecular formula is C18H29NO. The second-order valence-electron chi connectivity index (χ2n) is 6.52. The van der Waals surface area contributed by atoms with Crippen LogP contribution in [0, 0.1) is 5.92 Å². The van der Waals surface area contributed by atoms with Crippen LogP contribution in [0.5, 0.6) is 0 Å². The lowest BCUT2D eigenvalue weighted by molar-refractivity contribution is 0.0270. The number of nitrogens with zero attached hydrogens (tertiary/aromatic N) is 1. The molecule has 2 atom stereocenters. The van der Waals surface area contributed by atoms with E-state index in [-0.39, 0.29) is 6.10 Å². The second-order valence-corrected chi connectivity index (χ2v) is 6.52. The van der Waals surface area contributed by atoms with Gasteiger partial charge in [-0.1, -0.05) is 45.0 Å². The summed E-state index contributed by atoms with van der Waals surface area (Å²) in [6, 6.07) is 8.94. The summed E-state index contributed by atoms with van der Waals surface area (Å²) in [5.74, 6) is 0.976. The summed E-state index contributed by atoms with van der Waals surface area (Å²) < 4.78 is 0. The molecule has 1 fully saturated rings. The molecule has 112 valence electrons. The molecule has 0 aliphatic carbocycles. The number of aliphatic hydroxyl groups is 1. The van der Waals surface area contributed by atoms with E-state index in [1.54, 1.807) is 0 Å². The molecule has 1 aromatic carbocycles. The normalized spacial score (nSPS) is 24.2. The van der Waals surface area contributed by atoms with Crippen LogP contribution in [0.3, 0.4) is 0 Å². The molecule has 0 aromatic heterocycles. The fraction of sp³-hybridized carbons (Fsp3) is 0.667. The Morgan fingerprint density at radius 3 is 2.55 bits per heavy atom.